The number of benzene rings is 2. The van der Waals surface area contributed by atoms with E-state index < -0.39 is 15.8 Å². The Hall–Kier alpha value is -3.80. The van der Waals surface area contributed by atoms with E-state index in [9.17, 15) is 17.6 Å². The van der Waals surface area contributed by atoms with Crippen molar-refractivity contribution in [1.29, 1.82) is 0 Å². The minimum absolute atomic E-state index is 0.0375. The highest BCUT2D eigenvalue weighted by Crippen LogP contribution is 2.37. The number of nitrogens with one attached hydrogen (secondary N) is 1. The van der Waals surface area contributed by atoms with Crippen molar-refractivity contribution in [2.24, 2.45) is 34.1 Å². The summed E-state index contributed by atoms with van der Waals surface area (Å²) in [6.45, 7) is 0.428. The van der Waals surface area contributed by atoms with Crippen molar-refractivity contribution in [1.82, 2.24) is 13.7 Å². The number of nitrogens with zero attached hydrogens (tertiary/aromatic N) is 4. The van der Waals surface area contributed by atoms with Crippen LogP contribution in [0.5, 0.6) is 17.2 Å². The summed E-state index contributed by atoms with van der Waals surface area (Å²) in [6.07, 6.45) is 5.23. The van der Waals surface area contributed by atoms with Crippen LogP contribution in [-0.2, 0) is 38.2 Å². The highest BCUT2D eigenvalue weighted by molar-refractivity contribution is 7.92. The van der Waals surface area contributed by atoms with E-state index in [2.05, 4.69) is 4.72 Å². The molecule has 2 heterocycles. The predicted molar refractivity (Wildman–Crippen MR) is 130 cm³/mol. The Morgan fingerprint density at radius 1 is 1.08 bits per heavy atom. The lowest BCUT2D eigenvalue weighted by Gasteiger charge is -2.15. The molecule has 4 aromatic rings. The van der Waals surface area contributed by atoms with Gasteiger partial charge in [-0.15, -0.1) is 0 Å². The second-order valence-corrected chi connectivity index (χ2v) is 10.8. The predicted octanol–water partition coefficient (Wildman–Crippen LogP) is 2.56. The van der Waals surface area contributed by atoms with Crippen LogP contribution in [0.3, 0.4) is 0 Å². The zero-order valence-corrected chi connectivity index (χ0v) is 21.2. The SMILES string of the molecule is Cn1c[n+](C)cc1S(=O)(=O)Nc1cc2c(cc1Oc1ccc(F)c(OCC3CC3)c1)n(C)c(=O)n2C. The van der Waals surface area contributed by atoms with Gasteiger partial charge < -0.3 is 9.47 Å². The third-order valence-electron chi connectivity index (χ3n) is 6.21. The van der Waals surface area contributed by atoms with Gasteiger partial charge in [0.25, 0.3) is 5.03 Å². The average molecular weight is 517 g/mol. The van der Waals surface area contributed by atoms with Gasteiger partial charge in [-0.2, -0.15) is 8.42 Å². The molecule has 0 radical (unpaired) electrons. The number of halogens is 1. The molecule has 190 valence electrons. The van der Waals surface area contributed by atoms with E-state index in [0.717, 1.165) is 12.8 Å². The fourth-order valence-electron chi connectivity index (χ4n) is 4.05. The van der Waals surface area contributed by atoms with Crippen LogP contribution < -0.4 is 24.5 Å². The van der Waals surface area contributed by atoms with Crippen molar-refractivity contribution in [2.75, 3.05) is 11.3 Å². The maximum atomic E-state index is 14.3. The van der Waals surface area contributed by atoms with E-state index in [4.69, 9.17) is 9.47 Å². The largest absolute Gasteiger partial charge is 0.490 e. The zero-order chi connectivity index (χ0) is 25.8. The Balaban J connectivity index is 1.57. The van der Waals surface area contributed by atoms with Gasteiger partial charge in [0.2, 0.25) is 6.33 Å². The first-order valence-electron chi connectivity index (χ1n) is 11.4. The van der Waals surface area contributed by atoms with E-state index >= 15 is 0 Å². The molecule has 5 rings (SSSR count). The minimum Gasteiger partial charge on any atom is -0.490 e. The van der Waals surface area contributed by atoms with Crippen LogP contribution >= 0.6 is 0 Å². The number of hydrogen-bond acceptors (Lipinski definition) is 5. The Labute approximate surface area is 207 Å². The van der Waals surface area contributed by atoms with Crippen molar-refractivity contribution in [3.05, 3.63) is 59.2 Å². The van der Waals surface area contributed by atoms with Crippen LogP contribution in [0.15, 0.2) is 52.7 Å². The molecule has 0 atom stereocenters. The van der Waals surface area contributed by atoms with E-state index in [1.165, 1.54) is 38.1 Å². The third kappa shape index (κ3) is 4.43. The normalized spacial score (nSPS) is 13.8. The Morgan fingerprint density at radius 3 is 2.42 bits per heavy atom. The van der Waals surface area contributed by atoms with E-state index in [1.54, 1.807) is 51.2 Å². The van der Waals surface area contributed by atoms with Gasteiger partial charge in [-0.1, -0.05) is 0 Å². The first-order chi connectivity index (χ1) is 17.0. The van der Waals surface area contributed by atoms with E-state index in [-0.39, 0.29) is 33.7 Å². The highest BCUT2D eigenvalue weighted by atomic mass is 32.2. The number of aryl methyl sites for hydroxylation is 4. The highest BCUT2D eigenvalue weighted by Gasteiger charge is 2.27. The molecule has 2 aromatic heterocycles. The van der Waals surface area contributed by atoms with Crippen LogP contribution in [0.2, 0.25) is 0 Å². The topological polar surface area (TPSA) is 100 Å². The molecule has 1 aliphatic rings. The molecule has 0 amide bonds. The summed E-state index contributed by atoms with van der Waals surface area (Å²) >= 11 is 0. The number of rotatable bonds is 8. The Kier molecular flexibility index (Phi) is 5.78. The average Bonchev–Trinajstić information content (AvgIpc) is 3.55. The van der Waals surface area contributed by atoms with Gasteiger partial charge in [0.1, 0.15) is 5.75 Å². The van der Waals surface area contributed by atoms with Crippen LogP contribution in [0.25, 0.3) is 11.0 Å². The molecule has 2 aromatic carbocycles. The molecule has 0 bridgehead atoms. The van der Waals surface area contributed by atoms with Crippen molar-refractivity contribution in [2.45, 2.75) is 17.9 Å². The number of aromatic nitrogens is 4. The summed E-state index contributed by atoms with van der Waals surface area (Å²) in [5.41, 5.74) is 0.899. The number of sulfonamides is 1. The van der Waals surface area contributed by atoms with Gasteiger partial charge >= 0.3 is 15.7 Å². The van der Waals surface area contributed by atoms with Gasteiger partial charge in [0.05, 0.1) is 37.4 Å². The lowest BCUT2D eigenvalue weighted by atomic mass is 10.2. The summed E-state index contributed by atoms with van der Waals surface area (Å²) in [4.78, 5) is 12.5. The third-order valence-corrected chi connectivity index (χ3v) is 7.64. The molecular formula is C24H27FN5O5S+. The molecule has 0 saturated heterocycles. The van der Waals surface area contributed by atoms with E-state index in [1.807, 2.05) is 0 Å². The summed E-state index contributed by atoms with van der Waals surface area (Å²) in [5.74, 6) is 0.391. The van der Waals surface area contributed by atoms with Crippen molar-refractivity contribution >= 4 is 26.7 Å². The van der Waals surface area contributed by atoms with Gasteiger partial charge in [-0.25, -0.2) is 18.3 Å². The number of ether oxygens (including phenoxy) is 2. The standard InChI is InChI=1S/C24H27FN5O5S/c1-27-12-23(28(2)14-27)36(32,33)26-18-10-19-20(30(4)24(31)29(19)3)11-22(18)35-16-7-8-17(25)21(9-16)34-13-15-5-6-15/h7-12,14-15,26H,5-6,13H2,1-4H3/q+1. The van der Waals surface area contributed by atoms with Gasteiger partial charge in [-0.3, -0.25) is 13.9 Å². The lowest BCUT2D eigenvalue weighted by molar-refractivity contribution is -0.671. The number of anilines is 1. The second kappa shape index (κ2) is 8.70. The maximum absolute atomic E-state index is 14.3. The van der Waals surface area contributed by atoms with Crippen molar-refractivity contribution in [3.63, 3.8) is 0 Å². The molecule has 12 heteroatoms. The number of imidazole rings is 2. The zero-order valence-electron chi connectivity index (χ0n) is 20.4. The molecule has 1 fully saturated rings. The van der Waals surface area contributed by atoms with Crippen molar-refractivity contribution < 1.29 is 26.8 Å². The van der Waals surface area contributed by atoms with Crippen molar-refractivity contribution in [3.8, 4) is 17.2 Å². The van der Waals surface area contributed by atoms with Gasteiger partial charge in [0, 0.05) is 26.2 Å². The van der Waals surface area contributed by atoms with Crippen LogP contribution in [-0.4, -0.2) is 28.7 Å². The van der Waals surface area contributed by atoms with Crippen LogP contribution in [0, 0.1) is 11.7 Å². The molecule has 0 unspecified atom stereocenters. The molecule has 0 spiro atoms. The first-order valence-corrected chi connectivity index (χ1v) is 12.9. The quantitative estimate of drug-likeness (QED) is 0.363. The van der Waals surface area contributed by atoms with Crippen LogP contribution in [0.4, 0.5) is 10.1 Å². The Bertz CT molecular complexity index is 1650. The molecule has 0 aliphatic heterocycles. The summed E-state index contributed by atoms with van der Waals surface area (Å²) in [5, 5.41) is 0.0375. The second-order valence-electron chi connectivity index (χ2n) is 9.15. The molecule has 1 aliphatic carbocycles. The maximum Gasteiger partial charge on any atom is 0.328 e. The monoisotopic (exact) mass is 516 g/mol. The molecule has 1 saturated carbocycles. The van der Waals surface area contributed by atoms with Crippen LogP contribution in [0.1, 0.15) is 12.8 Å². The molecule has 36 heavy (non-hydrogen) atoms. The van der Waals surface area contributed by atoms with Gasteiger partial charge in [0.15, 0.2) is 23.5 Å². The number of hydrogen-bond donors (Lipinski definition) is 1. The smallest absolute Gasteiger partial charge is 0.328 e. The summed E-state index contributed by atoms with van der Waals surface area (Å²) in [6, 6.07) is 7.22. The Morgan fingerprint density at radius 2 is 1.78 bits per heavy atom. The summed E-state index contributed by atoms with van der Waals surface area (Å²) < 4.78 is 61.0. The lowest BCUT2D eigenvalue weighted by Crippen LogP contribution is -2.24. The fourth-order valence-corrected chi connectivity index (χ4v) is 5.34. The fraction of sp³-hybridized carbons (Fsp3) is 0.333. The molecular weight excluding hydrogens is 489 g/mol. The molecule has 1 N–H and O–H groups in total. The first kappa shape index (κ1) is 23.9. The van der Waals surface area contributed by atoms with E-state index in [0.29, 0.717) is 23.6 Å². The molecule has 10 nitrogen and oxygen atoms in total. The number of fused-ring (bicyclic) bond motifs is 1. The minimum atomic E-state index is -4.02. The van der Waals surface area contributed by atoms with Gasteiger partial charge in [-0.05, 0) is 37.0 Å². The summed E-state index contributed by atoms with van der Waals surface area (Å²) in [7, 11) is 2.54.